The molecular formula is C29H31F4N5O3. The van der Waals surface area contributed by atoms with Crippen LogP contribution in [0.2, 0.25) is 0 Å². The summed E-state index contributed by atoms with van der Waals surface area (Å²) < 4.78 is 68.6. The Morgan fingerprint density at radius 1 is 1.17 bits per heavy atom. The van der Waals surface area contributed by atoms with Gasteiger partial charge in [0.1, 0.15) is 12.2 Å². The van der Waals surface area contributed by atoms with Crippen LogP contribution in [-0.4, -0.2) is 71.3 Å². The Morgan fingerprint density at radius 3 is 2.68 bits per heavy atom. The highest BCUT2D eigenvalue weighted by Crippen LogP contribution is 2.42. The van der Waals surface area contributed by atoms with Gasteiger partial charge in [0, 0.05) is 56.2 Å². The Labute approximate surface area is 234 Å². The molecule has 0 aliphatic carbocycles. The monoisotopic (exact) mass is 573 g/mol. The van der Waals surface area contributed by atoms with Gasteiger partial charge in [0.05, 0.1) is 44.7 Å². The zero-order chi connectivity index (χ0) is 28.8. The largest absolute Gasteiger partial charge is 0.416 e. The summed E-state index contributed by atoms with van der Waals surface area (Å²) in [6.07, 6.45) is -2.47. The Kier molecular flexibility index (Phi) is 7.33. The molecule has 3 aromatic rings. The quantitative estimate of drug-likeness (QED) is 0.379. The first-order valence-electron chi connectivity index (χ1n) is 13.6. The lowest BCUT2D eigenvalue weighted by Gasteiger charge is -2.42. The summed E-state index contributed by atoms with van der Waals surface area (Å²) in [4.78, 5) is 17.0. The lowest BCUT2D eigenvalue weighted by molar-refractivity contribution is -0.138. The maximum atomic E-state index is 14.3. The third kappa shape index (κ3) is 5.35. The molecule has 4 heterocycles. The summed E-state index contributed by atoms with van der Waals surface area (Å²) in [6.45, 7) is 1.79. The molecule has 0 bridgehead atoms. The zero-order valence-electron chi connectivity index (χ0n) is 22.7. The van der Waals surface area contributed by atoms with Crippen molar-refractivity contribution in [3.05, 3.63) is 76.4 Å². The molecule has 2 fully saturated rings. The van der Waals surface area contributed by atoms with Crippen molar-refractivity contribution in [2.45, 2.75) is 43.6 Å². The molecule has 0 N–H and O–H groups in total. The van der Waals surface area contributed by atoms with Crippen LogP contribution in [0.25, 0.3) is 0 Å². The van der Waals surface area contributed by atoms with Crippen molar-refractivity contribution in [3.63, 3.8) is 0 Å². The number of aryl methyl sites for hydroxylation is 1. The number of halogens is 4. The van der Waals surface area contributed by atoms with Crippen molar-refractivity contribution in [2.75, 3.05) is 44.5 Å². The molecule has 41 heavy (non-hydrogen) atoms. The average Bonchev–Trinajstić information content (AvgIpc) is 3.48. The van der Waals surface area contributed by atoms with Gasteiger partial charge in [-0.25, -0.2) is 0 Å². The Bertz CT molecular complexity index is 1440. The maximum Gasteiger partial charge on any atom is 0.416 e. The SMILES string of the molecule is Cn1cnnc1CC1(c2cccc(N3Cc4c(cc(CN5CCOC(CCF)C5)cc4C(F)(F)F)C3=O)c2)COC1. The van der Waals surface area contributed by atoms with E-state index in [1.165, 1.54) is 4.90 Å². The summed E-state index contributed by atoms with van der Waals surface area (Å²) in [6, 6.07) is 10.1. The van der Waals surface area contributed by atoms with Crippen LogP contribution in [0.4, 0.5) is 23.2 Å². The number of nitrogens with zero attached hydrogens (tertiary/aromatic N) is 5. The number of carbonyl (C=O) groups is 1. The first kappa shape index (κ1) is 27.8. The van der Waals surface area contributed by atoms with Crippen LogP contribution < -0.4 is 4.90 Å². The topological polar surface area (TPSA) is 72.7 Å². The molecule has 3 aliphatic rings. The van der Waals surface area contributed by atoms with E-state index in [9.17, 15) is 22.4 Å². The Hall–Kier alpha value is -3.35. The third-order valence-electron chi connectivity index (χ3n) is 8.30. The van der Waals surface area contributed by atoms with Gasteiger partial charge >= 0.3 is 6.18 Å². The van der Waals surface area contributed by atoms with Crippen molar-refractivity contribution in [1.82, 2.24) is 19.7 Å². The number of benzene rings is 2. The molecule has 6 rings (SSSR count). The number of hydrogen-bond donors (Lipinski definition) is 0. The second kappa shape index (κ2) is 10.8. The second-order valence-corrected chi connectivity index (χ2v) is 11.1. The van der Waals surface area contributed by atoms with Gasteiger partial charge in [-0.2, -0.15) is 13.2 Å². The van der Waals surface area contributed by atoms with Crippen LogP contribution in [0, 0.1) is 0 Å². The van der Waals surface area contributed by atoms with Gasteiger partial charge in [-0.05, 0) is 41.0 Å². The first-order valence-corrected chi connectivity index (χ1v) is 13.6. The Balaban J connectivity index is 1.28. The molecule has 2 saturated heterocycles. The molecule has 0 spiro atoms. The number of amides is 1. The van der Waals surface area contributed by atoms with Crippen molar-refractivity contribution in [3.8, 4) is 0 Å². The van der Waals surface area contributed by atoms with Crippen LogP contribution in [0.3, 0.4) is 0 Å². The predicted octanol–water partition coefficient (Wildman–Crippen LogP) is 4.07. The molecule has 0 saturated carbocycles. The number of hydrogen-bond acceptors (Lipinski definition) is 6. The predicted molar refractivity (Wildman–Crippen MR) is 141 cm³/mol. The zero-order valence-corrected chi connectivity index (χ0v) is 22.7. The van der Waals surface area contributed by atoms with Gasteiger partial charge in [-0.15, -0.1) is 10.2 Å². The number of alkyl halides is 4. The maximum absolute atomic E-state index is 14.3. The molecule has 2 aromatic carbocycles. The van der Waals surface area contributed by atoms with Crippen molar-refractivity contribution in [1.29, 1.82) is 0 Å². The van der Waals surface area contributed by atoms with E-state index in [1.54, 1.807) is 18.5 Å². The minimum atomic E-state index is -4.62. The van der Waals surface area contributed by atoms with Crippen LogP contribution in [-0.2, 0) is 47.6 Å². The standard InChI is InChI=1S/C29H31F4N5O3/c1-36-18-34-35-26(36)12-28(16-40-17-28)20-3-2-4-21(11-20)38-15-24-23(27(38)39)9-19(10-25(24)29(31,32)33)13-37-7-8-41-22(14-37)5-6-30/h2-4,9-11,18,22H,5-8,12-17H2,1H3. The fourth-order valence-electron chi connectivity index (χ4n) is 5.99. The van der Waals surface area contributed by atoms with Gasteiger partial charge in [0.2, 0.25) is 0 Å². The molecule has 1 amide bonds. The van der Waals surface area contributed by atoms with E-state index in [-0.39, 0.29) is 42.2 Å². The number of carbonyl (C=O) groups excluding carboxylic acids is 1. The highest BCUT2D eigenvalue weighted by atomic mass is 19.4. The molecular weight excluding hydrogens is 542 g/mol. The van der Waals surface area contributed by atoms with Crippen LogP contribution in [0.5, 0.6) is 0 Å². The first-order chi connectivity index (χ1) is 19.7. The molecule has 1 aromatic heterocycles. The summed E-state index contributed by atoms with van der Waals surface area (Å²) in [5.41, 5.74) is 0.746. The summed E-state index contributed by atoms with van der Waals surface area (Å²) in [5.74, 6) is 0.330. The number of fused-ring (bicyclic) bond motifs is 1. The molecule has 0 radical (unpaired) electrons. The summed E-state index contributed by atoms with van der Waals surface area (Å²) in [5, 5.41) is 8.16. The van der Waals surface area contributed by atoms with Crippen LogP contribution in [0.1, 0.15) is 44.9 Å². The number of anilines is 1. The number of ether oxygens (including phenoxy) is 2. The lowest BCUT2D eigenvalue weighted by Crippen LogP contribution is -2.49. The molecule has 12 heteroatoms. The van der Waals surface area contributed by atoms with E-state index in [4.69, 9.17) is 9.47 Å². The van der Waals surface area contributed by atoms with Gasteiger partial charge in [-0.1, -0.05) is 12.1 Å². The molecule has 8 nitrogen and oxygen atoms in total. The summed E-state index contributed by atoms with van der Waals surface area (Å²) >= 11 is 0. The van der Waals surface area contributed by atoms with E-state index >= 15 is 0 Å². The van der Waals surface area contributed by atoms with Gasteiger partial charge < -0.3 is 18.9 Å². The van der Waals surface area contributed by atoms with E-state index < -0.39 is 24.3 Å². The highest BCUT2D eigenvalue weighted by molar-refractivity contribution is 6.10. The third-order valence-corrected chi connectivity index (χ3v) is 8.30. The van der Waals surface area contributed by atoms with E-state index in [0.717, 1.165) is 17.5 Å². The van der Waals surface area contributed by atoms with Gasteiger partial charge in [0.15, 0.2) is 0 Å². The number of morpholine rings is 1. The van der Waals surface area contributed by atoms with Crippen LogP contribution >= 0.6 is 0 Å². The van der Waals surface area contributed by atoms with E-state index in [0.29, 0.717) is 50.6 Å². The summed E-state index contributed by atoms with van der Waals surface area (Å²) in [7, 11) is 1.87. The molecule has 3 aliphatic heterocycles. The minimum absolute atomic E-state index is 0.0188. The van der Waals surface area contributed by atoms with E-state index in [1.807, 2.05) is 34.7 Å². The minimum Gasteiger partial charge on any atom is -0.379 e. The second-order valence-electron chi connectivity index (χ2n) is 11.1. The van der Waals surface area contributed by atoms with Crippen molar-refractivity contribution in [2.24, 2.45) is 7.05 Å². The van der Waals surface area contributed by atoms with Crippen LogP contribution in [0.15, 0.2) is 42.7 Å². The smallest absolute Gasteiger partial charge is 0.379 e. The van der Waals surface area contributed by atoms with Gasteiger partial charge in [0.25, 0.3) is 5.91 Å². The fraction of sp³-hybridized carbons (Fsp3) is 0.483. The average molecular weight is 574 g/mol. The molecule has 1 atom stereocenters. The van der Waals surface area contributed by atoms with Crippen molar-refractivity contribution >= 4 is 11.6 Å². The molecule has 1 unspecified atom stereocenters. The lowest BCUT2D eigenvalue weighted by atomic mass is 9.75. The number of rotatable bonds is 8. The highest BCUT2D eigenvalue weighted by Gasteiger charge is 2.43. The van der Waals surface area contributed by atoms with Crippen molar-refractivity contribution < 1.29 is 31.8 Å². The van der Waals surface area contributed by atoms with E-state index in [2.05, 4.69) is 10.2 Å². The normalized spacial score (nSPS) is 20.8. The fourth-order valence-corrected chi connectivity index (χ4v) is 5.99. The Morgan fingerprint density at radius 2 is 2.00 bits per heavy atom. The molecule has 218 valence electrons. The number of aromatic nitrogens is 3. The van der Waals surface area contributed by atoms with Gasteiger partial charge in [-0.3, -0.25) is 14.1 Å².